The van der Waals surface area contributed by atoms with Crippen LogP contribution in [0.25, 0.3) is 0 Å². The van der Waals surface area contributed by atoms with E-state index in [1.165, 1.54) is 5.56 Å². The fourth-order valence-electron chi connectivity index (χ4n) is 2.13. The average molecular weight is 241 g/mol. The van der Waals surface area contributed by atoms with E-state index in [9.17, 15) is 5.11 Å². The van der Waals surface area contributed by atoms with Gasteiger partial charge in [0.1, 0.15) is 0 Å². The van der Waals surface area contributed by atoms with Crippen molar-refractivity contribution in [2.24, 2.45) is 0 Å². The second kappa shape index (κ2) is 5.69. The average Bonchev–Trinajstić information content (AvgIpc) is 2.40. The Hall–Kier alpha value is -1.80. The summed E-state index contributed by atoms with van der Waals surface area (Å²) in [5.41, 5.74) is 3.31. The number of para-hydroxylation sites is 1. The zero-order valence-corrected chi connectivity index (χ0v) is 10.9. The summed E-state index contributed by atoms with van der Waals surface area (Å²) in [5, 5.41) is 9.79. The predicted molar refractivity (Wildman–Crippen MR) is 75.6 cm³/mol. The van der Waals surface area contributed by atoms with Crippen molar-refractivity contribution in [1.82, 2.24) is 0 Å². The molecule has 0 aliphatic heterocycles. The first-order valence-electron chi connectivity index (χ1n) is 6.20. The summed E-state index contributed by atoms with van der Waals surface area (Å²) in [6, 6.07) is 18.3. The highest BCUT2D eigenvalue weighted by Gasteiger charge is 2.10. The summed E-state index contributed by atoms with van der Waals surface area (Å²) in [5.74, 6) is 0. The number of aliphatic hydroxyl groups is 1. The maximum absolute atomic E-state index is 9.79. The first-order chi connectivity index (χ1) is 8.68. The van der Waals surface area contributed by atoms with Crippen LogP contribution in [-0.2, 0) is 6.54 Å². The Bertz CT molecular complexity index is 493. The van der Waals surface area contributed by atoms with Crippen molar-refractivity contribution >= 4 is 5.69 Å². The lowest BCUT2D eigenvalue weighted by Crippen LogP contribution is -2.18. The normalized spacial score (nSPS) is 12.2. The summed E-state index contributed by atoms with van der Waals surface area (Å²) in [6.07, 6.45) is -0.445. The van der Waals surface area contributed by atoms with Gasteiger partial charge in [0.25, 0.3) is 0 Å². The molecule has 2 nitrogen and oxygen atoms in total. The molecule has 2 aromatic rings. The number of nitrogens with zero attached hydrogens (tertiary/aromatic N) is 1. The molecule has 0 amide bonds. The van der Waals surface area contributed by atoms with Crippen molar-refractivity contribution in [3.8, 4) is 0 Å². The van der Waals surface area contributed by atoms with Gasteiger partial charge in [-0.2, -0.15) is 0 Å². The third-order valence-electron chi connectivity index (χ3n) is 3.06. The number of benzene rings is 2. The Morgan fingerprint density at radius 1 is 1.00 bits per heavy atom. The molecular formula is C16H19NO. The summed E-state index contributed by atoms with van der Waals surface area (Å²) >= 11 is 0. The molecule has 2 heteroatoms. The Kier molecular flexibility index (Phi) is 4.00. The fourth-order valence-corrected chi connectivity index (χ4v) is 2.13. The maximum atomic E-state index is 9.79. The van der Waals surface area contributed by atoms with Gasteiger partial charge >= 0.3 is 0 Å². The van der Waals surface area contributed by atoms with Crippen LogP contribution in [0, 0.1) is 0 Å². The van der Waals surface area contributed by atoms with Gasteiger partial charge in [0, 0.05) is 24.8 Å². The van der Waals surface area contributed by atoms with Crippen molar-refractivity contribution in [2.45, 2.75) is 19.6 Å². The minimum Gasteiger partial charge on any atom is -0.389 e. The highest BCUT2D eigenvalue weighted by molar-refractivity contribution is 5.54. The molecule has 0 heterocycles. The van der Waals surface area contributed by atoms with Crippen molar-refractivity contribution in [3.63, 3.8) is 0 Å². The van der Waals surface area contributed by atoms with Crippen molar-refractivity contribution in [1.29, 1.82) is 0 Å². The maximum Gasteiger partial charge on any atom is 0.0781 e. The summed E-state index contributed by atoms with van der Waals surface area (Å²) in [6.45, 7) is 2.64. The lowest BCUT2D eigenvalue weighted by Gasteiger charge is -2.23. The van der Waals surface area contributed by atoms with E-state index in [4.69, 9.17) is 0 Å². The highest BCUT2D eigenvalue weighted by Crippen LogP contribution is 2.26. The molecule has 0 aromatic heterocycles. The summed E-state index contributed by atoms with van der Waals surface area (Å²) < 4.78 is 0. The smallest absolute Gasteiger partial charge is 0.0781 e. The van der Waals surface area contributed by atoms with Crippen LogP contribution >= 0.6 is 0 Å². The molecular weight excluding hydrogens is 222 g/mol. The predicted octanol–water partition coefficient (Wildman–Crippen LogP) is 3.38. The Morgan fingerprint density at radius 2 is 1.61 bits per heavy atom. The van der Waals surface area contributed by atoms with Crippen molar-refractivity contribution < 1.29 is 5.11 Å². The van der Waals surface area contributed by atoms with Crippen molar-refractivity contribution in [2.75, 3.05) is 11.9 Å². The van der Waals surface area contributed by atoms with Crippen LogP contribution in [-0.4, -0.2) is 12.2 Å². The van der Waals surface area contributed by atoms with Crippen LogP contribution < -0.4 is 4.90 Å². The molecule has 0 aliphatic rings. The zero-order valence-electron chi connectivity index (χ0n) is 10.9. The van der Waals surface area contributed by atoms with Gasteiger partial charge in [-0.1, -0.05) is 48.5 Å². The molecule has 0 radical (unpaired) electrons. The number of rotatable bonds is 4. The van der Waals surface area contributed by atoms with Gasteiger partial charge in [0.15, 0.2) is 0 Å². The van der Waals surface area contributed by atoms with Crippen LogP contribution in [0.2, 0.25) is 0 Å². The van der Waals surface area contributed by atoms with Crippen molar-refractivity contribution in [3.05, 3.63) is 65.7 Å². The monoisotopic (exact) mass is 241 g/mol. The van der Waals surface area contributed by atoms with Crippen LogP contribution in [0.3, 0.4) is 0 Å². The molecule has 0 bridgehead atoms. The quantitative estimate of drug-likeness (QED) is 0.887. The molecule has 0 aliphatic carbocycles. The number of anilines is 1. The number of hydrogen-bond acceptors (Lipinski definition) is 2. The Balaban J connectivity index is 2.21. The van der Waals surface area contributed by atoms with Crippen LogP contribution in [0.4, 0.5) is 5.69 Å². The van der Waals surface area contributed by atoms with Gasteiger partial charge in [-0.05, 0) is 18.6 Å². The summed E-state index contributed by atoms with van der Waals surface area (Å²) in [4.78, 5) is 2.16. The van der Waals surface area contributed by atoms with E-state index in [1.54, 1.807) is 6.92 Å². The van der Waals surface area contributed by atoms with Crippen LogP contribution in [0.1, 0.15) is 24.2 Å². The van der Waals surface area contributed by atoms with Gasteiger partial charge in [-0.15, -0.1) is 0 Å². The lowest BCUT2D eigenvalue weighted by molar-refractivity contribution is 0.199. The molecule has 94 valence electrons. The molecule has 1 atom stereocenters. The molecule has 1 N–H and O–H groups in total. The number of aliphatic hydroxyl groups excluding tert-OH is 1. The van der Waals surface area contributed by atoms with E-state index in [0.29, 0.717) is 0 Å². The van der Waals surface area contributed by atoms with E-state index in [1.807, 2.05) is 49.5 Å². The van der Waals surface area contributed by atoms with Gasteiger partial charge in [0.05, 0.1) is 6.10 Å². The molecule has 18 heavy (non-hydrogen) atoms. The van der Waals surface area contributed by atoms with Gasteiger partial charge < -0.3 is 10.0 Å². The van der Waals surface area contributed by atoms with E-state index in [-0.39, 0.29) is 0 Å². The first kappa shape index (κ1) is 12.7. The highest BCUT2D eigenvalue weighted by atomic mass is 16.3. The molecule has 2 aromatic carbocycles. The molecule has 0 saturated carbocycles. The van der Waals surface area contributed by atoms with E-state index in [0.717, 1.165) is 17.8 Å². The minimum absolute atomic E-state index is 0.445. The van der Waals surface area contributed by atoms with Gasteiger partial charge in [-0.3, -0.25) is 0 Å². The number of hydrogen-bond donors (Lipinski definition) is 1. The third-order valence-corrected chi connectivity index (χ3v) is 3.06. The fraction of sp³-hybridized carbons (Fsp3) is 0.250. The zero-order chi connectivity index (χ0) is 13.0. The lowest BCUT2D eigenvalue weighted by atomic mass is 10.1. The van der Waals surface area contributed by atoms with Crippen LogP contribution in [0.5, 0.6) is 0 Å². The van der Waals surface area contributed by atoms with E-state index < -0.39 is 6.10 Å². The Labute approximate surface area is 109 Å². The molecule has 0 spiro atoms. The molecule has 2 rings (SSSR count). The minimum atomic E-state index is -0.445. The second-order valence-corrected chi connectivity index (χ2v) is 4.58. The molecule has 0 fully saturated rings. The van der Waals surface area contributed by atoms with Gasteiger partial charge in [0.2, 0.25) is 0 Å². The molecule has 1 unspecified atom stereocenters. The molecule has 0 saturated heterocycles. The third kappa shape index (κ3) is 2.90. The SMILES string of the molecule is CC(O)c1ccccc1N(C)Cc1ccccc1. The largest absolute Gasteiger partial charge is 0.389 e. The van der Waals surface area contributed by atoms with E-state index >= 15 is 0 Å². The summed E-state index contributed by atoms with van der Waals surface area (Å²) in [7, 11) is 2.05. The topological polar surface area (TPSA) is 23.5 Å². The van der Waals surface area contributed by atoms with Crippen LogP contribution in [0.15, 0.2) is 54.6 Å². The standard InChI is InChI=1S/C16H19NO/c1-13(18)15-10-6-7-11-16(15)17(2)12-14-8-4-3-5-9-14/h3-11,13,18H,12H2,1-2H3. The Morgan fingerprint density at radius 3 is 2.28 bits per heavy atom. The van der Waals surface area contributed by atoms with Gasteiger partial charge in [-0.25, -0.2) is 0 Å². The first-order valence-corrected chi connectivity index (χ1v) is 6.20. The van der Waals surface area contributed by atoms with E-state index in [2.05, 4.69) is 17.0 Å². The second-order valence-electron chi connectivity index (χ2n) is 4.58.